The largest absolute Gasteiger partial charge is 0.497 e. The van der Waals surface area contributed by atoms with Crippen LogP contribution >= 0.6 is 11.3 Å². The molecule has 0 fully saturated rings. The molecule has 0 spiro atoms. The van der Waals surface area contributed by atoms with Crippen LogP contribution in [0.2, 0.25) is 0 Å². The number of nitrogens with zero attached hydrogens (tertiary/aromatic N) is 2. The van der Waals surface area contributed by atoms with Gasteiger partial charge in [0.05, 0.1) is 22.9 Å². The highest BCUT2D eigenvalue weighted by molar-refractivity contribution is 7.21. The van der Waals surface area contributed by atoms with E-state index < -0.39 is 0 Å². The lowest BCUT2D eigenvalue weighted by Gasteiger charge is -2.08. The van der Waals surface area contributed by atoms with Gasteiger partial charge in [0.25, 0.3) is 5.91 Å². The van der Waals surface area contributed by atoms with E-state index in [2.05, 4.69) is 15.3 Å². The van der Waals surface area contributed by atoms with Gasteiger partial charge in [0, 0.05) is 12.7 Å². The SMILES string of the molecule is COc1ccc(CNC(=O)c2cccnc2-c2nc3ccccc3s2)cc1. The summed E-state index contributed by atoms with van der Waals surface area (Å²) in [5, 5.41) is 3.70. The molecule has 0 saturated heterocycles. The molecule has 1 amide bonds. The Morgan fingerprint density at radius 1 is 1.07 bits per heavy atom. The van der Waals surface area contributed by atoms with Crippen LogP contribution in [0, 0.1) is 0 Å². The molecule has 2 heterocycles. The molecule has 0 atom stereocenters. The molecule has 2 aromatic heterocycles. The Labute approximate surface area is 160 Å². The minimum Gasteiger partial charge on any atom is -0.497 e. The molecule has 4 rings (SSSR count). The van der Waals surface area contributed by atoms with Crippen LogP contribution < -0.4 is 10.1 Å². The van der Waals surface area contributed by atoms with Gasteiger partial charge in [-0.25, -0.2) is 4.98 Å². The predicted octanol–water partition coefficient (Wildman–Crippen LogP) is 4.30. The average Bonchev–Trinajstić information content (AvgIpc) is 3.16. The van der Waals surface area contributed by atoms with Crippen molar-refractivity contribution in [2.75, 3.05) is 7.11 Å². The topological polar surface area (TPSA) is 64.1 Å². The van der Waals surface area contributed by atoms with Crippen molar-refractivity contribution < 1.29 is 9.53 Å². The van der Waals surface area contributed by atoms with E-state index in [0.717, 1.165) is 26.5 Å². The summed E-state index contributed by atoms with van der Waals surface area (Å²) in [7, 11) is 1.63. The minimum absolute atomic E-state index is 0.173. The summed E-state index contributed by atoms with van der Waals surface area (Å²) in [6.45, 7) is 0.428. The number of aromatic nitrogens is 2. The van der Waals surface area contributed by atoms with E-state index in [1.54, 1.807) is 25.4 Å². The molecule has 134 valence electrons. The first kappa shape index (κ1) is 17.2. The van der Waals surface area contributed by atoms with Crippen LogP contribution in [-0.2, 0) is 6.54 Å². The number of carbonyl (C=O) groups is 1. The first-order valence-electron chi connectivity index (χ1n) is 8.46. The van der Waals surface area contributed by atoms with Gasteiger partial charge in [-0.2, -0.15) is 0 Å². The first-order chi connectivity index (χ1) is 13.2. The van der Waals surface area contributed by atoms with E-state index in [4.69, 9.17) is 4.74 Å². The van der Waals surface area contributed by atoms with Gasteiger partial charge in [0.2, 0.25) is 0 Å². The van der Waals surface area contributed by atoms with Gasteiger partial charge < -0.3 is 10.1 Å². The molecular weight excluding hydrogens is 358 g/mol. The summed E-state index contributed by atoms with van der Waals surface area (Å²) in [6, 6.07) is 19.0. The number of benzene rings is 2. The van der Waals surface area contributed by atoms with E-state index in [-0.39, 0.29) is 5.91 Å². The lowest BCUT2D eigenvalue weighted by atomic mass is 10.1. The van der Waals surface area contributed by atoms with Gasteiger partial charge in [-0.05, 0) is 42.0 Å². The third-order valence-electron chi connectivity index (χ3n) is 4.16. The first-order valence-corrected chi connectivity index (χ1v) is 9.28. The highest BCUT2D eigenvalue weighted by Gasteiger charge is 2.17. The highest BCUT2D eigenvalue weighted by atomic mass is 32.1. The number of para-hydroxylation sites is 1. The maximum Gasteiger partial charge on any atom is 0.253 e. The Bertz CT molecular complexity index is 1060. The standard InChI is InChI=1S/C21H17N3O2S/c1-26-15-10-8-14(9-11-15)13-23-20(25)16-5-4-12-22-19(16)21-24-17-6-2-3-7-18(17)27-21/h2-12H,13H2,1H3,(H,23,25). The number of nitrogens with one attached hydrogen (secondary N) is 1. The Balaban J connectivity index is 1.57. The molecule has 0 aliphatic heterocycles. The van der Waals surface area contributed by atoms with Gasteiger partial charge >= 0.3 is 0 Å². The zero-order chi connectivity index (χ0) is 18.6. The molecule has 2 aromatic carbocycles. The molecule has 1 N–H and O–H groups in total. The number of ether oxygens (including phenoxy) is 1. The second kappa shape index (κ2) is 7.55. The van der Waals surface area contributed by atoms with Gasteiger partial charge in [-0.1, -0.05) is 24.3 Å². The number of rotatable bonds is 5. The smallest absolute Gasteiger partial charge is 0.253 e. The Morgan fingerprint density at radius 2 is 1.89 bits per heavy atom. The van der Waals surface area contributed by atoms with Crippen LogP contribution in [0.4, 0.5) is 0 Å². The number of thiazole rings is 1. The summed E-state index contributed by atoms with van der Waals surface area (Å²) < 4.78 is 6.22. The van der Waals surface area contributed by atoms with E-state index in [9.17, 15) is 4.79 Å². The molecule has 4 aromatic rings. The van der Waals surface area contributed by atoms with Crippen LogP contribution in [0.3, 0.4) is 0 Å². The quantitative estimate of drug-likeness (QED) is 0.565. The molecule has 6 heteroatoms. The van der Waals surface area contributed by atoms with Crippen LogP contribution in [0.25, 0.3) is 20.9 Å². The molecule has 0 radical (unpaired) electrons. The average molecular weight is 375 g/mol. The maximum atomic E-state index is 12.8. The number of hydrogen-bond donors (Lipinski definition) is 1. The fraction of sp³-hybridized carbons (Fsp3) is 0.0952. The number of amides is 1. The summed E-state index contributed by atoms with van der Waals surface area (Å²) >= 11 is 1.53. The Morgan fingerprint density at radius 3 is 2.67 bits per heavy atom. The Hall–Kier alpha value is -3.25. The van der Waals surface area contributed by atoms with E-state index in [0.29, 0.717) is 17.8 Å². The van der Waals surface area contributed by atoms with Gasteiger partial charge in [0.1, 0.15) is 16.5 Å². The molecule has 0 unspecified atom stereocenters. The fourth-order valence-electron chi connectivity index (χ4n) is 2.75. The van der Waals surface area contributed by atoms with Crippen molar-refractivity contribution in [3.05, 3.63) is 78.0 Å². The summed E-state index contributed by atoms with van der Waals surface area (Å²) in [5.41, 5.74) is 3.03. The van der Waals surface area contributed by atoms with Crippen molar-refractivity contribution in [1.82, 2.24) is 15.3 Å². The van der Waals surface area contributed by atoms with E-state index in [1.807, 2.05) is 48.5 Å². The van der Waals surface area contributed by atoms with Crippen molar-refractivity contribution >= 4 is 27.5 Å². The number of methoxy groups -OCH3 is 1. The third-order valence-corrected chi connectivity index (χ3v) is 5.20. The molecule has 0 saturated carbocycles. The van der Waals surface area contributed by atoms with Crippen molar-refractivity contribution in [2.45, 2.75) is 6.54 Å². The van der Waals surface area contributed by atoms with Crippen molar-refractivity contribution in [3.63, 3.8) is 0 Å². The number of fused-ring (bicyclic) bond motifs is 1. The summed E-state index contributed by atoms with van der Waals surface area (Å²) in [5.74, 6) is 0.614. The normalized spacial score (nSPS) is 10.7. The predicted molar refractivity (Wildman–Crippen MR) is 107 cm³/mol. The molecule has 0 aliphatic carbocycles. The van der Waals surface area contributed by atoms with Crippen LogP contribution in [0.5, 0.6) is 5.75 Å². The lowest BCUT2D eigenvalue weighted by molar-refractivity contribution is 0.0951. The number of pyridine rings is 1. The monoisotopic (exact) mass is 375 g/mol. The van der Waals surface area contributed by atoms with Crippen molar-refractivity contribution in [2.24, 2.45) is 0 Å². The van der Waals surface area contributed by atoms with Crippen molar-refractivity contribution in [3.8, 4) is 16.5 Å². The van der Waals surface area contributed by atoms with Gasteiger partial charge in [-0.15, -0.1) is 11.3 Å². The second-order valence-electron chi connectivity index (χ2n) is 5.92. The highest BCUT2D eigenvalue weighted by Crippen LogP contribution is 2.30. The molecular formula is C21H17N3O2S. The van der Waals surface area contributed by atoms with Crippen LogP contribution in [0.15, 0.2) is 66.9 Å². The van der Waals surface area contributed by atoms with E-state index in [1.165, 1.54) is 11.3 Å². The molecule has 27 heavy (non-hydrogen) atoms. The van der Waals surface area contributed by atoms with E-state index >= 15 is 0 Å². The zero-order valence-corrected chi connectivity index (χ0v) is 15.5. The van der Waals surface area contributed by atoms with Gasteiger partial charge in [-0.3, -0.25) is 9.78 Å². The molecule has 0 aliphatic rings. The van der Waals surface area contributed by atoms with Crippen LogP contribution in [0.1, 0.15) is 15.9 Å². The molecule has 5 nitrogen and oxygen atoms in total. The second-order valence-corrected chi connectivity index (χ2v) is 6.95. The lowest BCUT2D eigenvalue weighted by Crippen LogP contribution is -2.23. The maximum absolute atomic E-state index is 12.8. The number of hydrogen-bond acceptors (Lipinski definition) is 5. The number of carbonyl (C=O) groups excluding carboxylic acids is 1. The van der Waals surface area contributed by atoms with Gasteiger partial charge in [0.15, 0.2) is 0 Å². The fourth-order valence-corrected chi connectivity index (χ4v) is 3.73. The minimum atomic E-state index is -0.173. The third kappa shape index (κ3) is 3.66. The van der Waals surface area contributed by atoms with Crippen molar-refractivity contribution in [1.29, 1.82) is 0 Å². The van der Waals surface area contributed by atoms with Crippen LogP contribution in [-0.4, -0.2) is 23.0 Å². The summed E-state index contributed by atoms with van der Waals surface area (Å²) in [4.78, 5) is 21.8. The summed E-state index contributed by atoms with van der Waals surface area (Å²) in [6.07, 6.45) is 1.68. The molecule has 0 bridgehead atoms. The zero-order valence-electron chi connectivity index (χ0n) is 14.7. The Kier molecular flexibility index (Phi) is 4.80.